The van der Waals surface area contributed by atoms with E-state index in [0.29, 0.717) is 44.7 Å². The van der Waals surface area contributed by atoms with Crippen molar-refractivity contribution in [3.63, 3.8) is 0 Å². The molecule has 1 atom stereocenters. The Morgan fingerprint density at radius 3 is 2.84 bits per heavy atom. The summed E-state index contributed by atoms with van der Waals surface area (Å²) in [6.45, 7) is 3.22. The van der Waals surface area contributed by atoms with E-state index in [1.807, 2.05) is 19.2 Å². The fourth-order valence-electron chi connectivity index (χ4n) is 4.27. The van der Waals surface area contributed by atoms with Gasteiger partial charge < -0.3 is 35.4 Å². The molecule has 0 saturated carbocycles. The molecule has 1 aliphatic rings. The number of aromatic nitrogens is 1. The molecule has 1 aromatic heterocycles. The van der Waals surface area contributed by atoms with Crippen LogP contribution in [0.1, 0.15) is 35.3 Å². The van der Waals surface area contributed by atoms with Crippen molar-refractivity contribution in [3.8, 4) is 0 Å². The average Bonchev–Trinajstić information content (AvgIpc) is 2.94. The molecular formula is C28H40N6O4. The number of methoxy groups -OCH3 is 2. The maximum absolute atomic E-state index is 12.5. The molecule has 1 unspecified atom stereocenters. The molecule has 1 aromatic carbocycles. The van der Waals surface area contributed by atoms with Crippen LogP contribution in [-0.4, -0.2) is 88.4 Å². The molecule has 0 aliphatic carbocycles. The highest BCUT2D eigenvalue weighted by Gasteiger charge is 2.21. The number of hydrogen-bond acceptors (Lipinski definition) is 9. The number of rotatable bonds is 15. The van der Waals surface area contributed by atoms with Crippen molar-refractivity contribution in [3.05, 3.63) is 60.1 Å². The lowest BCUT2D eigenvalue weighted by molar-refractivity contribution is 0.0948. The Hall–Kier alpha value is -3.47. The summed E-state index contributed by atoms with van der Waals surface area (Å²) in [7, 11) is 5.33. The van der Waals surface area contributed by atoms with Crippen molar-refractivity contribution in [2.45, 2.75) is 25.4 Å². The molecule has 0 spiro atoms. The van der Waals surface area contributed by atoms with Crippen molar-refractivity contribution in [1.29, 1.82) is 0 Å². The summed E-state index contributed by atoms with van der Waals surface area (Å²) in [4.78, 5) is 26.1. The summed E-state index contributed by atoms with van der Waals surface area (Å²) in [5.74, 6) is -0.220. The van der Waals surface area contributed by atoms with Gasteiger partial charge in [0, 0.05) is 57.8 Å². The molecule has 0 saturated heterocycles. The van der Waals surface area contributed by atoms with E-state index >= 15 is 0 Å². The number of carbonyl (C=O) groups excluding carboxylic acids is 1. The van der Waals surface area contributed by atoms with Gasteiger partial charge in [-0.25, -0.2) is 4.99 Å². The SMILES string of the molecule is COC=CC(CCN(CCCO)c1ccc2c(c1)N=C(c1ccnc(C(=O)NCCCN)c1)CN2C)OC. The second-order valence-electron chi connectivity index (χ2n) is 9.11. The minimum atomic E-state index is -0.220. The van der Waals surface area contributed by atoms with E-state index in [1.165, 1.54) is 0 Å². The van der Waals surface area contributed by atoms with Gasteiger partial charge in [-0.3, -0.25) is 9.78 Å². The number of nitrogens with zero attached hydrogens (tertiary/aromatic N) is 4. The fraction of sp³-hybridized carbons (Fsp3) is 0.464. The molecule has 38 heavy (non-hydrogen) atoms. The lowest BCUT2D eigenvalue weighted by Crippen LogP contribution is -2.31. The van der Waals surface area contributed by atoms with Crippen molar-refractivity contribution < 1.29 is 19.4 Å². The van der Waals surface area contributed by atoms with Crippen LogP contribution in [0.5, 0.6) is 0 Å². The lowest BCUT2D eigenvalue weighted by atomic mass is 10.1. The van der Waals surface area contributed by atoms with Crippen LogP contribution in [0.15, 0.2) is 53.9 Å². The van der Waals surface area contributed by atoms with E-state index in [4.69, 9.17) is 20.2 Å². The molecule has 0 fully saturated rings. The molecule has 4 N–H and O–H groups in total. The Morgan fingerprint density at radius 1 is 1.26 bits per heavy atom. The van der Waals surface area contributed by atoms with Gasteiger partial charge in [-0.15, -0.1) is 0 Å². The molecule has 10 nitrogen and oxygen atoms in total. The summed E-state index contributed by atoms with van der Waals surface area (Å²) >= 11 is 0. The number of anilines is 2. The number of nitrogens with two attached hydrogens (primary N) is 1. The fourth-order valence-corrected chi connectivity index (χ4v) is 4.27. The number of aliphatic hydroxyl groups is 1. The topological polar surface area (TPSA) is 126 Å². The molecule has 1 amide bonds. The van der Waals surface area contributed by atoms with Gasteiger partial charge in [0.1, 0.15) is 5.69 Å². The van der Waals surface area contributed by atoms with Gasteiger partial charge in [0.2, 0.25) is 0 Å². The summed E-state index contributed by atoms with van der Waals surface area (Å²) < 4.78 is 10.6. The number of likely N-dealkylation sites (N-methyl/N-ethyl adjacent to an activating group) is 1. The molecule has 2 heterocycles. The second kappa shape index (κ2) is 15.1. The number of nitrogens with one attached hydrogen (secondary N) is 1. The van der Waals surface area contributed by atoms with Gasteiger partial charge in [-0.05, 0) is 62.2 Å². The lowest BCUT2D eigenvalue weighted by Gasteiger charge is -2.30. The Balaban J connectivity index is 1.85. The predicted octanol–water partition coefficient (Wildman–Crippen LogP) is 2.48. The highest BCUT2D eigenvalue weighted by molar-refractivity contribution is 6.08. The number of carbonyl (C=O) groups is 1. The number of benzene rings is 1. The quantitative estimate of drug-likeness (QED) is 0.240. The maximum atomic E-state index is 12.5. The molecule has 0 radical (unpaired) electrons. The molecule has 1 aliphatic heterocycles. The molecule has 3 rings (SSSR count). The first-order valence-corrected chi connectivity index (χ1v) is 13.0. The second-order valence-corrected chi connectivity index (χ2v) is 9.11. The number of aliphatic imine (C=N–C) groups is 1. The third-order valence-corrected chi connectivity index (χ3v) is 6.37. The first kappa shape index (κ1) is 29.1. The highest BCUT2D eigenvalue weighted by Crippen LogP contribution is 2.36. The number of hydrogen-bond donors (Lipinski definition) is 3. The summed E-state index contributed by atoms with van der Waals surface area (Å²) in [6, 6.07) is 9.92. The Kier molecular flexibility index (Phi) is 11.5. The van der Waals surface area contributed by atoms with Crippen LogP contribution in [0.2, 0.25) is 0 Å². The van der Waals surface area contributed by atoms with Gasteiger partial charge >= 0.3 is 0 Å². The van der Waals surface area contributed by atoms with Crippen molar-refractivity contribution >= 4 is 28.7 Å². The highest BCUT2D eigenvalue weighted by atomic mass is 16.5. The summed E-state index contributed by atoms with van der Waals surface area (Å²) in [6.07, 6.45) is 7.23. The van der Waals surface area contributed by atoms with Crippen molar-refractivity contribution in [2.24, 2.45) is 10.7 Å². The van der Waals surface area contributed by atoms with Crippen molar-refractivity contribution in [1.82, 2.24) is 10.3 Å². The average molecular weight is 525 g/mol. The van der Waals surface area contributed by atoms with E-state index in [2.05, 4.69) is 38.3 Å². The number of amides is 1. The zero-order valence-electron chi connectivity index (χ0n) is 22.6. The van der Waals surface area contributed by atoms with Crippen LogP contribution >= 0.6 is 0 Å². The minimum Gasteiger partial charge on any atom is -0.505 e. The van der Waals surface area contributed by atoms with Gasteiger partial charge in [0.25, 0.3) is 5.91 Å². The molecule has 2 aromatic rings. The molecule has 10 heteroatoms. The van der Waals surface area contributed by atoms with Gasteiger partial charge in [-0.2, -0.15) is 0 Å². The smallest absolute Gasteiger partial charge is 0.269 e. The Morgan fingerprint density at radius 2 is 2.11 bits per heavy atom. The van der Waals surface area contributed by atoms with Gasteiger partial charge in [-0.1, -0.05) is 0 Å². The number of ether oxygens (including phenoxy) is 2. The third-order valence-electron chi connectivity index (χ3n) is 6.37. The Labute approximate surface area is 225 Å². The van der Waals surface area contributed by atoms with E-state index < -0.39 is 0 Å². The summed E-state index contributed by atoms with van der Waals surface area (Å²) in [5.41, 5.74) is 10.5. The standard InChI is InChI=1S/C28H40N6O4/c1-33-20-26(21-8-13-30-25(18-21)28(36)31-12-4-11-29)32-24-19-22(6-7-27(24)33)34(14-5-16-35)15-9-23(38-3)10-17-37-2/h6-8,10,13,17-19,23,35H,4-5,9,11-12,14-16,20,29H2,1-3H3,(H,31,36). The molecule has 0 bridgehead atoms. The summed E-state index contributed by atoms with van der Waals surface area (Å²) in [5, 5.41) is 12.3. The maximum Gasteiger partial charge on any atom is 0.269 e. The minimum absolute atomic E-state index is 0.0756. The van der Waals surface area contributed by atoms with Gasteiger partial charge in [0.05, 0.1) is 43.1 Å². The third kappa shape index (κ3) is 8.01. The number of fused-ring (bicyclic) bond motifs is 1. The molecular weight excluding hydrogens is 484 g/mol. The van der Waals surface area contributed by atoms with Crippen LogP contribution in [0.4, 0.5) is 17.1 Å². The van der Waals surface area contributed by atoms with Gasteiger partial charge in [0.15, 0.2) is 0 Å². The first-order chi connectivity index (χ1) is 18.5. The molecule has 206 valence electrons. The van der Waals surface area contributed by atoms with Crippen LogP contribution in [0, 0.1) is 0 Å². The van der Waals surface area contributed by atoms with E-state index in [-0.39, 0.29) is 18.6 Å². The Bertz CT molecular complexity index is 1110. The van der Waals surface area contributed by atoms with Crippen LogP contribution in [0.3, 0.4) is 0 Å². The van der Waals surface area contributed by atoms with E-state index in [9.17, 15) is 9.90 Å². The van der Waals surface area contributed by atoms with E-state index in [1.54, 1.807) is 32.7 Å². The zero-order chi connectivity index (χ0) is 27.3. The largest absolute Gasteiger partial charge is 0.505 e. The van der Waals surface area contributed by atoms with Crippen molar-refractivity contribution in [2.75, 3.05) is 70.4 Å². The zero-order valence-corrected chi connectivity index (χ0v) is 22.6. The first-order valence-electron chi connectivity index (χ1n) is 13.0. The number of pyridine rings is 1. The normalized spacial score (nSPS) is 13.7. The van der Waals surface area contributed by atoms with Crippen LogP contribution in [0.25, 0.3) is 0 Å². The van der Waals surface area contributed by atoms with Crippen LogP contribution < -0.4 is 20.9 Å². The monoisotopic (exact) mass is 524 g/mol. The number of aliphatic hydroxyl groups excluding tert-OH is 1. The van der Waals surface area contributed by atoms with Crippen LogP contribution in [-0.2, 0) is 9.47 Å². The van der Waals surface area contributed by atoms with E-state index in [0.717, 1.165) is 41.3 Å². The predicted molar refractivity (Wildman–Crippen MR) is 152 cm³/mol.